The molecule has 0 saturated carbocycles. The van der Waals surface area contributed by atoms with Gasteiger partial charge in [-0.05, 0) is 19.3 Å². The summed E-state index contributed by atoms with van der Waals surface area (Å²) >= 11 is 0. The third-order valence-corrected chi connectivity index (χ3v) is 5.36. The normalized spacial score (nSPS) is 12.8. The minimum Gasteiger partial charge on any atom is -0.748 e. The minimum atomic E-state index is -4.02. The third kappa shape index (κ3) is 25.5. The molecule has 6 heteroatoms. The summed E-state index contributed by atoms with van der Waals surface area (Å²) in [5.41, 5.74) is 0. The first-order valence-electron chi connectivity index (χ1n) is 10.1. The van der Waals surface area contributed by atoms with E-state index in [-0.39, 0.29) is 63.2 Å². The fourth-order valence-electron chi connectivity index (χ4n) is 3.02. The van der Waals surface area contributed by atoms with Gasteiger partial charge in [0.1, 0.15) is 0 Å². The summed E-state index contributed by atoms with van der Waals surface area (Å²) in [6.45, 7) is 2.21. The molecule has 1 atom stereocenters. The van der Waals surface area contributed by atoms with E-state index in [9.17, 15) is 18.1 Å². The van der Waals surface area contributed by atoms with E-state index in [1.807, 2.05) is 0 Å². The molecule has 1 N–H and O–H groups in total. The number of hydrogen-bond acceptors (Lipinski definition) is 4. The maximum absolute atomic E-state index is 10.4. The second-order valence-corrected chi connectivity index (χ2v) is 8.61. The molecule has 0 bridgehead atoms. The zero-order valence-electron chi connectivity index (χ0n) is 16.7. The Bertz CT molecular complexity index is 360. The molecule has 0 saturated heterocycles. The molecule has 0 aromatic rings. The third-order valence-electron chi connectivity index (χ3n) is 4.57. The molecule has 1 unspecified atom stereocenters. The summed E-state index contributed by atoms with van der Waals surface area (Å²) in [4.78, 5) is 0. The Morgan fingerprint density at radius 3 is 1.48 bits per heavy atom. The van der Waals surface area contributed by atoms with E-state index in [0.29, 0.717) is 6.42 Å². The summed E-state index contributed by atoms with van der Waals surface area (Å²) in [6, 6.07) is 0. The standard InChI is InChI=1S/C19H40O4S.K/c1-2-3-4-13-16-19(20)17-14-11-9-7-5-6-8-10-12-15-18-24(21,22)23;/h19-20H,2-18H2,1H3,(H,21,22,23);/q;+1/p-1. The van der Waals surface area contributed by atoms with Crippen molar-refractivity contribution in [1.29, 1.82) is 0 Å². The Kier molecular flexibility index (Phi) is 23.3. The molecule has 0 fully saturated rings. The predicted molar refractivity (Wildman–Crippen MR) is 100 cm³/mol. The number of rotatable bonds is 18. The van der Waals surface area contributed by atoms with E-state index in [2.05, 4.69) is 6.92 Å². The monoisotopic (exact) mass is 402 g/mol. The van der Waals surface area contributed by atoms with Crippen LogP contribution >= 0.6 is 0 Å². The summed E-state index contributed by atoms with van der Waals surface area (Å²) < 4.78 is 31.3. The number of aliphatic hydroxyl groups excluding tert-OH is 1. The van der Waals surface area contributed by atoms with Gasteiger partial charge in [-0.15, -0.1) is 0 Å². The van der Waals surface area contributed by atoms with Crippen molar-refractivity contribution < 1.29 is 69.5 Å². The van der Waals surface area contributed by atoms with Crippen LogP contribution in [0.3, 0.4) is 0 Å². The average Bonchev–Trinajstić information content (AvgIpc) is 2.51. The Labute approximate surface area is 199 Å². The Hall–Kier alpha value is 1.51. The van der Waals surface area contributed by atoms with Gasteiger partial charge in [-0.2, -0.15) is 0 Å². The van der Waals surface area contributed by atoms with Crippen LogP contribution in [-0.4, -0.2) is 29.9 Å². The van der Waals surface area contributed by atoms with E-state index in [1.165, 1.54) is 51.4 Å². The van der Waals surface area contributed by atoms with Crippen molar-refractivity contribution in [1.82, 2.24) is 0 Å². The summed E-state index contributed by atoms with van der Waals surface area (Å²) in [6.07, 6.45) is 17.6. The maximum atomic E-state index is 10.4. The number of unbranched alkanes of at least 4 members (excludes halogenated alkanes) is 12. The van der Waals surface area contributed by atoms with Gasteiger partial charge < -0.3 is 9.66 Å². The van der Waals surface area contributed by atoms with Gasteiger partial charge in [0, 0.05) is 5.75 Å². The van der Waals surface area contributed by atoms with Crippen molar-refractivity contribution in [2.24, 2.45) is 0 Å². The van der Waals surface area contributed by atoms with Crippen LogP contribution in [-0.2, 0) is 10.1 Å². The Balaban J connectivity index is 0. The van der Waals surface area contributed by atoms with Gasteiger partial charge in [0.05, 0.1) is 16.2 Å². The van der Waals surface area contributed by atoms with Gasteiger partial charge >= 0.3 is 51.4 Å². The van der Waals surface area contributed by atoms with Crippen molar-refractivity contribution in [3.05, 3.63) is 0 Å². The van der Waals surface area contributed by atoms with E-state index < -0.39 is 10.1 Å². The molecule has 25 heavy (non-hydrogen) atoms. The van der Waals surface area contributed by atoms with Crippen molar-refractivity contribution in [2.45, 2.75) is 116 Å². The van der Waals surface area contributed by atoms with Gasteiger partial charge in [-0.1, -0.05) is 90.4 Å². The first-order valence-corrected chi connectivity index (χ1v) is 11.6. The van der Waals surface area contributed by atoms with Crippen LogP contribution < -0.4 is 51.4 Å². The zero-order valence-corrected chi connectivity index (χ0v) is 20.6. The van der Waals surface area contributed by atoms with E-state index in [4.69, 9.17) is 0 Å². The smallest absolute Gasteiger partial charge is 0.748 e. The fourth-order valence-corrected chi connectivity index (χ4v) is 3.58. The van der Waals surface area contributed by atoms with Crippen molar-refractivity contribution in [2.75, 3.05) is 5.75 Å². The topological polar surface area (TPSA) is 77.4 Å². The Morgan fingerprint density at radius 2 is 1.08 bits per heavy atom. The van der Waals surface area contributed by atoms with Gasteiger partial charge in [-0.25, -0.2) is 8.42 Å². The maximum Gasteiger partial charge on any atom is 1.00 e. The second kappa shape index (κ2) is 20.2. The molecular weight excluding hydrogens is 363 g/mol. The minimum absolute atomic E-state index is 0. The van der Waals surface area contributed by atoms with Gasteiger partial charge in [0.2, 0.25) is 0 Å². The molecule has 0 aliphatic carbocycles. The van der Waals surface area contributed by atoms with Crippen molar-refractivity contribution >= 4 is 10.1 Å². The molecule has 0 amide bonds. The molecule has 0 aromatic carbocycles. The van der Waals surface area contributed by atoms with E-state index >= 15 is 0 Å². The van der Waals surface area contributed by atoms with E-state index in [0.717, 1.165) is 44.9 Å². The van der Waals surface area contributed by atoms with Crippen molar-refractivity contribution in [3.8, 4) is 0 Å². The molecule has 0 spiro atoms. The number of aliphatic hydroxyl groups is 1. The van der Waals surface area contributed by atoms with Gasteiger partial charge in [-0.3, -0.25) is 0 Å². The van der Waals surface area contributed by atoms with Crippen LogP contribution in [0.1, 0.15) is 110 Å². The van der Waals surface area contributed by atoms with Crippen LogP contribution in [0.15, 0.2) is 0 Å². The van der Waals surface area contributed by atoms with Gasteiger partial charge in [0.25, 0.3) is 0 Å². The van der Waals surface area contributed by atoms with Crippen LogP contribution in [0.25, 0.3) is 0 Å². The molecule has 4 nitrogen and oxygen atoms in total. The van der Waals surface area contributed by atoms with Crippen molar-refractivity contribution in [3.63, 3.8) is 0 Å². The molecule has 0 rings (SSSR count). The summed E-state index contributed by atoms with van der Waals surface area (Å²) in [5, 5.41) is 9.89. The van der Waals surface area contributed by atoms with Crippen LogP contribution in [0, 0.1) is 0 Å². The predicted octanol–water partition coefficient (Wildman–Crippen LogP) is 2.16. The zero-order chi connectivity index (χ0) is 18.1. The molecule has 0 aliphatic rings. The quantitative estimate of drug-likeness (QED) is 0.216. The van der Waals surface area contributed by atoms with Crippen LogP contribution in [0.4, 0.5) is 0 Å². The molecule has 0 aromatic heterocycles. The Morgan fingerprint density at radius 1 is 0.720 bits per heavy atom. The van der Waals surface area contributed by atoms with E-state index in [1.54, 1.807) is 0 Å². The first kappa shape index (κ1) is 28.7. The number of hydrogen-bond donors (Lipinski definition) is 1. The fraction of sp³-hybridized carbons (Fsp3) is 1.00. The van der Waals surface area contributed by atoms with Crippen LogP contribution in [0.2, 0.25) is 0 Å². The summed E-state index contributed by atoms with van der Waals surface area (Å²) in [5.74, 6) is -0.211. The second-order valence-electron chi connectivity index (χ2n) is 7.09. The average molecular weight is 403 g/mol. The molecule has 0 heterocycles. The SMILES string of the molecule is CCCCCCC(O)CCCCCCCCCCCCS(=O)(=O)[O-].[K+]. The molecule has 0 aliphatic heterocycles. The van der Waals surface area contributed by atoms with Crippen LogP contribution in [0.5, 0.6) is 0 Å². The molecular formula is C19H39KO4S. The largest absolute Gasteiger partial charge is 1.00 e. The molecule has 0 radical (unpaired) electrons. The van der Waals surface area contributed by atoms with Gasteiger partial charge in [0.15, 0.2) is 0 Å². The summed E-state index contributed by atoms with van der Waals surface area (Å²) in [7, 11) is -4.02. The first-order chi connectivity index (χ1) is 11.5. The molecule has 146 valence electrons.